The molecule has 0 saturated carbocycles. The van der Waals surface area contributed by atoms with Crippen molar-refractivity contribution in [3.8, 4) is 11.5 Å². The second-order valence-electron chi connectivity index (χ2n) is 9.44. The van der Waals surface area contributed by atoms with Gasteiger partial charge in [-0.2, -0.15) is 13.2 Å². The highest BCUT2D eigenvalue weighted by Gasteiger charge is 2.44. The molecule has 1 atom stereocenters. The fraction of sp³-hybridized carbons (Fsp3) is 0.360. The molecule has 8 heteroatoms. The standard InChI is InChI=1S/C25H22F3NO4/c1-24(2)11-18-23(19(30)12-24)17(14-3-8-20-21(9-14)33-13-32-20)10-22(31)29(18)16-6-4-15(5-7-16)25(26,27)28/h3-9,17H,10-13H2,1-2H3. The number of hydrogen-bond acceptors (Lipinski definition) is 4. The molecular weight excluding hydrogens is 435 g/mol. The van der Waals surface area contributed by atoms with Crippen molar-refractivity contribution >= 4 is 17.4 Å². The Hall–Kier alpha value is -3.29. The van der Waals surface area contributed by atoms with Gasteiger partial charge in [0.25, 0.3) is 0 Å². The Morgan fingerprint density at radius 3 is 2.36 bits per heavy atom. The predicted molar refractivity (Wildman–Crippen MR) is 114 cm³/mol. The van der Waals surface area contributed by atoms with Gasteiger partial charge in [0.1, 0.15) is 0 Å². The summed E-state index contributed by atoms with van der Waals surface area (Å²) in [5.41, 5.74) is 1.05. The highest BCUT2D eigenvalue weighted by atomic mass is 19.4. The van der Waals surface area contributed by atoms with Gasteiger partial charge in [-0.15, -0.1) is 0 Å². The summed E-state index contributed by atoms with van der Waals surface area (Å²) in [5, 5.41) is 0. The van der Waals surface area contributed by atoms with Crippen LogP contribution in [0, 0.1) is 5.41 Å². The minimum Gasteiger partial charge on any atom is -0.454 e. The van der Waals surface area contributed by atoms with E-state index in [1.54, 1.807) is 12.1 Å². The monoisotopic (exact) mass is 457 g/mol. The smallest absolute Gasteiger partial charge is 0.416 e. The molecule has 1 aliphatic carbocycles. The maximum atomic E-state index is 13.4. The lowest BCUT2D eigenvalue weighted by Gasteiger charge is -2.43. The maximum absolute atomic E-state index is 13.4. The summed E-state index contributed by atoms with van der Waals surface area (Å²) in [7, 11) is 0. The fourth-order valence-corrected chi connectivity index (χ4v) is 4.93. The Balaban J connectivity index is 1.62. The molecule has 172 valence electrons. The number of carbonyl (C=O) groups excluding carboxylic acids is 2. The molecule has 2 aliphatic heterocycles. The molecule has 0 fully saturated rings. The van der Waals surface area contributed by atoms with E-state index in [0.29, 0.717) is 41.3 Å². The Morgan fingerprint density at radius 2 is 1.67 bits per heavy atom. The third kappa shape index (κ3) is 3.77. The van der Waals surface area contributed by atoms with Gasteiger partial charge in [-0.3, -0.25) is 14.5 Å². The van der Waals surface area contributed by atoms with Gasteiger partial charge < -0.3 is 9.47 Å². The lowest BCUT2D eigenvalue weighted by Crippen LogP contribution is -2.43. The summed E-state index contributed by atoms with van der Waals surface area (Å²) >= 11 is 0. The number of carbonyl (C=O) groups is 2. The first-order chi connectivity index (χ1) is 15.5. The first kappa shape index (κ1) is 21.6. The van der Waals surface area contributed by atoms with Crippen LogP contribution in [-0.2, 0) is 15.8 Å². The third-order valence-corrected chi connectivity index (χ3v) is 6.39. The van der Waals surface area contributed by atoms with Crippen molar-refractivity contribution in [3.63, 3.8) is 0 Å². The molecule has 0 radical (unpaired) electrons. The van der Waals surface area contributed by atoms with E-state index in [1.807, 2.05) is 19.9 Å². The number of nitrogens with zero attached hydrogens (tertiary/aromatic N) is 1. The van der Waals surface area contributed by atoms with Crippen molar-refractivity contribution in [3.05, 3.63) is 64.9 Å². The van der Waals surface area contributed by atoms with Crippen molar-refractivity contribution in [2.45, 2.75) is 45.2 Å². The molecule has 2 aromatic rings. The van der Waals surface area contributed by atoms with Crippen molar-refractivity contribution < 1.29 is 32.2 Å². The second kappa shape index (κ2) is 7.37. The molecule has 0 N–H and O–H groups in total. The van der Waals surface area contributed by atoms with Gasteiger partial charge in [-0.25, -0.2) is 0 Å². The SMILES string of the molecule is CC1(C)CC(=O)C2=C(C1)N(c1ccc(C(F)(F)F)cc1)C(=O)CC2c1ccc2c(c1)OCO2. The van der Waals surface area contributed by atoms with Crippen molar-refractivity contribution in [1.29, 1.82) is 0 Å². The van der Waals surface area contributed by atoms with E-state index in [9.17, 15) is 22.8 Å². The number of alkyl halides is 3. The van der Waals surface area contributed by atoms with Crippen LogP contribution in [0.15, 0.2) is 53.7 Å². The molecule has 5 rings (SSSR count). The van der Waals surface area contributed by atoms with Crippen LogP contribution in [0.25, 0.3) is 0 Å². The first-order valence-electron chi connectivity index (χ1n) is 10.7. The largest absolute Gasteiger partial charge is 0.454 e. The summed E-state index contributed by atoms with van der Waals surface area (Å²) in [6.45, 7) is 4.02. The van der Waals surface area contributed by atoms with Crippen LogP contribution in [0.2, 0.25) is 0 Å². The van der Waals surface area contributed by atoms with E-state index in [4.69, 9.17) is 9.47 Å². The minimum absolute atomic E-state index is 0.0334. The number of anilines is 1. The zero-order valence-corrected chi connectivity index (χ0v) is 18.2. The van der Waals surface area contributed by atoms with Crippen LogP contribution in [0.3, 0.4) is 0 Å². The number of hydrogen-bond donors (Lipinski definition) is 0. The number of halogens is 3. The number of rotatable bonds is 2. The molecule has 1 unspecified atom stereocenters. The zero-order chi connectivity index (χ0) is 23.5. The van der Waals surface area contributed by atoms with Gasteiger partial charge in [0.05, 0.1) is 5.56 Å². The number of fused-ring (bicyclic) bond motifs is 1. The average molecular weight is 457 g/mol. The lowest BCUT2D eigenvalue weighted by molar-refractivity contribution is -0.137. The van der Waals surface area contributed by atoms with Crippen molar-refractivity contribution in [1.82, 2.24) is 0 Å². The molecule has 1 amide bonds. The summed E-state index contributed by atoms with van der Waals surface area (Å²) in [6.07, 6.45) is -3.64. The Labute approximate surface area is 188 Å². The molecular formula is C25H22F3NO4. The van der Waals surface area contributed by atoms with Gasteiger partial charge in [0.15, 0.2) is 17.3 Å². The number of allylic oxidation sites excluding steroid dienone is 2. The van der Waals surface area contributed by atoms with E-state index in [0.717, 1.165) is 17.7 Å². The molecule has 2 heterocycles. The summed E-state index contributed by atoms with van der Waals surface area (Å²) < 4.78 is 50.0. The number of amides is 1. The minimum atomic E-state index is -4.47. The molecule has 2 aromatic carbocycles. The van der Waals surface area contributed by atoms with Crippen LogP contribution in [0.1, 0.15) is 50.2 Å². The summed E-state index contributed by atoms with van der Waals surface area (Å²) in [5.74, 6) is 0.416. The van der Waals surface area contributed by atoms with Gasteiger partial charge >= 0.3 is 6.18 Å². The topological polar surface area (TPSA) is 55.8 Å². The normalized spacial score (nSPS) is 22.0. The van der Waals surface area contributed by atoms with Gasteiger partial charge in [-0.05, 0) is 53.8 Å². The predicted octanol–water partition coefficient (Wildman–Crippen LogP) is 5.60. The molecule has 3 aliphatic rings. The van der Waals surface area contributed by atoms with Gasteiger partial charge in [-0.1, -0.05) is 19.9 Å². The lowest BCUT2D eigenvalue weighted by atomic mass is 9.69. The van der Waals surface area contributed by atoms with Crippen molar-refractivity contribution in [2.24, 2.45) is 5.41 Å². The zero-order valence-electron chi connectivity index (χ0n) is 18.2. The van der Waals surface area contributed by atoms with Crippen LogP contribution in [0.5, 0.6) is 11.5 Å². The fourth-order valence-electron chi connectivity index (χ4n) is 4.93. The second-order valence-corrected chi connectivity index (χ2v) is 9.44. The van der Waals surface area contributed by atoms with Crippen LogP contribution < -0.4 is 14.4 Å². The van der Waals surface area contributed by atoms with Gasteiger partial charge in [0, 0.05) is 35.7 Å². The Bertz CT molecular complexity index is 1180. The number of benzene rings is 2. The highest BCUT2D eigenvalue weighted by Crippen LogP contribution is 2.49. The summed E-state index contributed by atoms with van der Waals surface area (Å²) in [6, 6.07) is 9.90. The van der Waals surface area contributed by atoms with E-state index < -0.39 is 17.7 Å². The molecule has 0 spiro atoms. The number of Topliss-reactive ketones (excluding diaryl/α,β-unsaturated/α-hetero) is 1. The molecule has 0 aromatic heterocycles. The molecule has 5 nitrogen and oxygen atoms in total. The third-order valence-electron chi connectivity index (χ3n) is 6.39. The summed E-state index contributed by atoms with van der Waals surface area (Å²) in [4.78, 5) is 28.1. The number of ether oxygens (including phenoxy) is 2. The van der Waals surface area contributed by atoms with Crippen LogP contribution in [0.4, 0.5) is 18.9 Å². The van der Waals surface area contributed by atoms with E-state index >= 15 is 0 Å². The molecule has 33 heavy (non-hydrogen) atoms. The maximum Gasteiger partial charge on any atom is 0.416 e. The highest BCUT2D eigenvalue weighted by molar-refractivity contribution is 6.07. The quantitative estimate of drug-likeness (QED) is 0.589. The Kier molecular flexibility index (Phi) is 4.81. The molecule has 0 saturated heterocycles. The molecule has 0 bridgehead atoms. The van der Waals surface area contributed by atoms with E-state index in [2.05, 4.69) is 0 Å². The van der Waals surface area contributed by atoms with E-state index in [1.165, 1.54) is 17.0 Å². The van der Waals surface area contributed by atoms with E-state index in [-0.39, 0.29) is 30.3 Å². The first-order valence-corrected chi connectivity index (χ1v) is 10.7. The Morgan fingerprint density at radius 1 is 0.970 bits per heavy atom. The average Bonchev–Trinajstić information content (AvgIpc) is 3.19. The van der Waals surface area contributed by atoms with Crippen LogP contribution >= 0.6 is 0 Å². The van der Waals surface area contributed by atoms with Crippen molar-refractivity contribution in [2.75, 3.05) is 11.7 Å². The van der Waals surface area contributed by atoms with Gasteiger partial charge in [0.2, 0.25) is 12.7 Å². The van der Waals surface area contributed by atoms with Crippen LogP contribution in [-0.4, -0.2) is 18.5 Å². The number of ketones is 1.